The van der Waals surface area contributed by atoms with Gasteiger partial charge in [-0.3, -0.25) is 9.78 Å². The zero-order valence-corrected chi connectivity index (χ0v) is 17.4. The molecule has 1 aromatic heterocycles. The number of methoxy groups -OCH3 is 1. The Morgan fingerprint density at radius 2 is 1.90 bits per heavy atom. The van der Waals surface area contributed by atoms with Gasteiger partial charge < -0.3 is 19.7 Å². The first-order valence-corrected chi connectivity index (χ1v) is 10.3. The molecule has 5 rings (SSSR count). The topological polar surface area (TPSA) is 88.9 Å². The maximum atomic E-state index is 12.4. The van der Waals surface area contributed by atoms with E-state index in [1.807, 2.05) is 30.3 Å². The molecule has 7 heteroatoms. The number of fused-ring (bicyclic) bond motifs is 3. The largest absolute Gasteiger partial charge is 0.497 e. The standard InChI is InChI=1S/C24H20ClNO5/c1-30-17-9-7-15(8-10-17)24-20(14-5-3-2-4-6-14)18(22(27)28)12-23(24,29)21-19(31-24)11-16(25)13-26-21/h2-11,13,18,20,29H,12H2,1H3,(H,27,28)/t18-,20+,23+,24-/m0/s1. The Balaban J connectivity index is 1.81. The normalized spacial score (nSPS) is 28.5. The second-order valence-electron chi connectivity index (χ2n) is 7.96. The SMILES string of the molecule is COc1ccc([C@@]23Oc4cc(Cl)cnc4[C@]2(O)C[C@H](C(=O)O)[C@H]3c2ccccc2)cc1. The average molecular weight is 438 g/mol. The molecule has 4 atom stereocenters. The first-order chi connectivity index (χ1) is 14.9. The maximum absolute atomic E-state index is 12.4. The predicted octanol–water partition coefficient (Wildman–Crippen LogP) is 4.11. The third kappa shape index (κ3) is 2.68. The van der Waals surface area contributed by atoms with Gasteiger partial charge in [-0.2, -0.15) is 0 Å². The quantitative estimate of drug-likeness (QED) is 0.638. The lowest BCUT2D eigenvalue weighted by Gasteiger charge is -2.40. The minimum absolute atomic E-state index is 0.0461. The molecule has 3 aromatic rings. The molecule has 0 unspecified atom stereocenters. The molecule has 0 radical (unpaired) electrons. The molecule has 0 bridgehead atoms. The minimum atomic E-state index is -1.66. The van der Waals surface area contributed by atoms with Gasteiger partial charge in [0.2, 0.25) is 0 Å². The van der Waals surface area contributed by atoms with Crippen LogP contribution < -0.4 is 9.47 Å². The van der Waals surface area contributed by atoms with Crippen molar-refractivity contribution < 1.29 is 24.5 Å². The van der Waals surface area contributed by atoms with E-state index in [9.17, 15) is 15.0 Å². The van der Waals surface area contributed by atoms with E-state index in [-0.39, 0.29) is 6.42 Å². The highest BCUT2D eigenvalue weighted by atomic mass is 35.5. The number of ether oxygens (including phenoxy) is 2. The number of aliphatic hydroxyl groups is 1. The molecule has 1 aliphatic carbocycles. The van der Waals surface area contributed by atoms with Crippen LogP contribution in [-0.2, 0) is 16.0 Å². The number of hydrogen-bond acceptors (Lipinski definition) is 5. The van der Waals surface area contributed by atoms with E-state index in [0.29, 0.717) is 27.8 Å². The minimum Gasteiger partial charge on any atom is -0.497 e. The fourth-order valence-corrected chi connectivity index (χ4v) is 5.35. The van der Waals surface area contributed by atoms with Gasteiger partial charge in [-0.05, 0) is 23.3 Å². The summed E-state index contributed by atoms with van der Waals surface area (Å²) >= 11 is 6.15. The monoisotopic (exact) mass is 437 g/mol. The van der Waals surface area contributed by atoms with Gasteiger partial charge in [-0.25, -0.2) is 0 Å². The summed E-state index contributed by atoms with van der Waals surface area (Å²) in [7, 11) is 1.57. The Hall–Kier alpha value is -3.09. The van der Waals surface area contributed by atoms with Crippen molar-refractivity contribution >= 4 is 17.6 Å². The summed E-state index contributed by atoms with van der Waals surface area (Å²) in [6.45, 7) is 0. The van der Waals surface area contributed by atoms with E-state index in [1.165, 1.54) is 6.20 Å². The molecule has 2 aromatic carbocycles. The number of carboxylic acid groups (broad SMARTS) is 1. The Kier molecular flexibility index (Phi) is 4.46. The third-order valence-electron chi connectivity index (χ3n) is 6.45. The summed E-state index contributed by atoms with van der Waals surface area (Å²) in [6.07, 6.45) is 1.40. The van der Waals surface area contributed by atoms with Gasteiger partial charge >= 0.3 is 5.97 Å². The van der Waals surface area contributed by atoms with Gasteiger partial charge in [0, 0.05) is 24.6 Å². The van der Waals surface area contributed by atoms with Crippen LogP contribution >= 0.6 is 11.6 Å². The molecule has 158 valence electrons. The lowest BCUT2D eigenvalue weighted by molar-refractivity contribution is -0.142. The van der Waals surface area contributed by atoms with Crippen molar-refractivity contribution in [2.75, 3.05) is 7.11 Å². The smallest absolute Gasteiger partial charge is 0.307 e. The summed E-state index contributed by atoms with van der Waals surface area (Å²) < 4.78 is 11.8. The van der Waals surface area contributed by atoms with Crippen molar-refractivity contribution in [1.82, 2.24) is 4.98 Å². The summed E-state index contributed by atoms with van der Waals surface area (Å²) in [4.78, 5) is 16.7. The number of carbonyl (C=O) groups is 1. The lowest BCUT2D eigenvalue weighted by Crippen LogP contribution is -2.48. The van der Waals surface area contributed by atoms with Gasteiger partial charge in [-0.15, -0.1) is 0 Å². The Morgan fingerprint density at radius 3 is 2.55 bits per heavy atom. The lowest BCUT2D eigenvalue weighted by atomic mass is 9.71. The van der Waals surface area contributed by atoms with E-state index in [4.69, 9.17) is 21.1 Å². The summed E-state index contributed by atoms with van der Waals surface area (Å²) in [6, 6.07) is 18.1. The second-order valence-corrected chi connectivity index (χ2v) is 8.40. The third-order valence-corrected chi connectivity index (χ3v) is 6.65. The molecular weight excluding hydrogens is 418 g/mol. The first-order valence-electron chi connectivity index (χ1n) is 9.90. The molecular formula is C24H20ClNO5. The summed E-state index contributed by atoms with van der Waals surface area (Å²) in [5.41, 5.74) is -1.35. The van der Waals surface area contributed by atoms with Crippen LogP contribution in [0.5, 0.6) is 11.5 Å². The van der Waals surface area contributed by atoms with E-state index < -0.39 is 29.0 Å². The van der Waals surface area contributed by atoms with Crippen molar-refractivity contribution in [3.05, 3.63) is 88.7 Å². The zero-order chi connectivity index (χ0) is 21.8. The van der Waals surface area contributed by atoms with Gasteiger partial charge in [0.15, 0.2) is 11.2 Å². The van der Waals surface area contributed by atoms with E-state index in [0.717, 1.165) is 5.56 Å². The molecule has 2 N–H and O–H groups in total. The molecule has 1 fully saturated rings. The number of pyridine rings is 1. The van der Waals surface area contributed by atoms with Crippen LogP contribution in [0, 0.1) is 5.92 Å². The number of aromatic nitrogens is 1. The number of hydrogen-bond donors (Lipinski definition) is 2. The van der Waals surface area contributed by atoms with E-state index in [1.54, 1.807) is 37.4 Å². The van der Waals surface area contributed by atoms with Gasteiger partial charge in [0.05, 0.1) is 18.1 Å². The van der Waals surface area contributed by atoms with Crippen LogP contribution in [0.25, 0.3) is 0 Å². The molecule has 1 aliphatic heterocycles. The van der Waals surface area contributed by atoms with Crippen molar-refractivity contribution in [3.63, 3.8) is 0 Å². The van der Waals surface area contributed by atoms with Crippen LogP contribution in [0.3, 0.4) is 0 Å². The number of aliphatic carboxylic acids is 1. The second kappa shape index (κ2) is 6.97. The van der Waals surface area contributed by atoms with Gasteiger partial charge in [0.25, 0.3) is 0 Å². The first kappa shape index (κ1) is 19.8. The highest BCUT2D eigenvalue weighted by molar-refractivity contribution is 6.30. The van der Waals surface area contributed by atoms with Crippen molar-refractivity contribution in [2.24, 2.45) is 5.92 Å². The zero-order valence-electron chi connectivity index (χ0n) is 16.7. The highest BCUT2D eigenvalue weighted by Gasteiger charge is 2.73. The van der Waals surface area contributed by atoms with Crippen LogP contribution in [-0.4, -0.2) is 28.3 Å². The predicted molar refractivity (Wildman–Crippen MR) is 113 cm³/mol. The molecule has 31 heavy (non-hydrogen) atoms. The molecule has 0 spiro atoms. The fraction of sp³-hybridized carbons (Fsp3) is 0.250. The van der Waals surface area contributed by atoms with Crippen molar-refractivity contribution in [3.8, 4) is 11.5 Å². The number of rotatable bonds is 4. The van der Waals surface area contributed by atoms with Crippen LogP contribution in [0.4, 0.5) is 0 Å². The number of nitrogens with zero attached hydrogens (tertiary/aromatic N) is 1. The van der Waals surface area contributed by atoms with Crippen LogP contribution in [0.15, 0.2) is 66.9 Å². The Morgan fingerprint density at radius 1 is 1.19 bits per heavy atom. The number of benzene rings is 2. The maximum Gasteiger partial charge on any atom is 0.307 e. The molecule has 0 amide bonds. The molecule has 1 saturated carbocycles. The average Bonchev–Trinajstić information content (AvgIpc) is 3.18. The van der Waals surface area contributed by atoms with Gasteiger partial charge in [-0.1, -0.05) is 54.1 Å². The van der Waals surface area contributed by atoms with E-state index in [2.05, 4.69) is 4.98 Å². The van der Waals surface area contributed by atoms with Crippen LogP contribution in [0.2, 0.25) is 5.02 Å². The summed E-state index contributed by atoms with van der Waals surface area (Å²) in [5.74, 6) is -1.55. The fourth-order valence-electron chi connectivity index (χ4n) is 5.20. The number of halogens is 1. The van der Waals surface area contributed by atoms with Crippen LogP contribution in [0.1, 0.15) is 29.2 Å². The Labute approximate surface area is 184 Å². The summed E-state index contributed by atoms with van der Waals surface area (Å²) in [5, 5.41) is 22.6. The highest BCUT2D eigenvalue weighted by Crippen LogP contribution is 2.68. The van der Waals surface area contributed by atoms with E-state index >= 15 is 0 Å². The molecule has 2 heterocycles. The Bertz CT molecular complexity index is 1150. The van der Waals surface area contributed by atoms with Crippen molar-refractivity contribution in [1.29, 1.82) is 0 Å². The molecule has 6 nitrogen and oxygen atoms in total. The molecule has 2 aliphatic rings. The van der Waals surface area contributed by atoms with Gasteiger partial charge in [0.1, 0.15) is 17.2 Å². The molecule has 0 saturated heterocycles. The van der Waals surface area contributed by atoms with Crippen molar-refractivity contribution in [2.45, 2.75) is 23.5 Å². The number of carboxylic acids is 1.